The standard InChI is InChI=1S/C35H38F3N7O4S/c1-5-27-20-44(50(47,48)31-8-7-13-40-34(31)49-27)19-24-14-23(10-9-21(24)3)29(28-11-12-30-33(22(28)4)42-43-45(30)6-2)16-32(46)41-26-15-25(17-39-18-26)35(36,37)38/h7-15,17-18,27,29,47-48H,5-6,16,19-20H2,1-4H3,(H,41,46)/t27-,29+/m1/s1. The number of hydrogen-bond donors (Lipinski definition) is 3. The lowest BCUT2D eigenvalue weighted by Gasteiger charge is -2.41. The number of amides is 1. The summed E-state index contributed by atoms with van der Waals surface area (Å²) in [6.45, 7) is 8.77. The van der Waals surface area contributed by atoms with Crippen molar-refractivity contribution in [2.75, 3.05) is 11.9 Å². The Kier molecular flexibility index (Phi) is 9.86. The van der Waals surface area contributed by atoms with E-state index in [1.807, 2.05) is 58.0 Å². The molecular weight excluding hydrogens is 671 g/mol. The first-order chi connectivity index (χ1) is 23.8. The smallest absolute Gasteiger partial charge is 0.417 e. The molecule has 2 aromatic carbocycles. The van der Waals surface area contributed by atoms with Gasteiger partial charge in [0.25, 0.3) is 0 Å². The number of aromatic nitrogens is 5. The average molecular weight is 710 g/mol. The molecule has 50 heavy (non-hydrogen) atoms. The molecule has 0 radical (unpaired) electrons. The molecule has 3 aromatic heterocycles. The second-order valence-corrected chi connectivity index (χ2v) is 14.3. The van der Waals surface area contributed by atoms with Crippen molar-refractivity contribution in [3.05, 3.63) is 101 Å². The lowest BCUT2D eigenvalue weighted by atomic mass is 9.84. The maximum absolute atomic E-state index is 13.6. The van der Waals surface area contributed by atoms with Crippen molar-refractivity contribution in [3.8, 4) is 5.88 Å². The lowest BCUT2D eigenvalue weighted by molar-refractivity contribution is -0.137. The second kappa shape index (κ2) is 14.0. The van der Waals surface area contributed by atoms with E-state index in [4.69, 9.17) is 4.74 Å². The minimum Gasteiger partial charge on any atom is -0.472 e. The van der Waals surface area contributed by atoms with E-state index in [1.54, 1.807) is 27.3 Å². The van der Waals surface area contributed by atoms with Crippen LogP contribution in [0.5, 0.6) is 5.88 Å². The van der Waals surface area contributed by atoms with Crippen molar-refractivity contribution >= 4 is 33.4 Å². The van der Waals surface area contributed by atoms with E-state index in [1.165, 1.54) is 6.20 Å². The molecule has 1 amide bonds. The number of alkyl halides is 3. The van der Waals surface area contributed by atoms with E-state index in [0.29, 0.717) is 24.7 Å². The van der Waals surface area contributed by atoms with E-state index in [-0.39, 0.29) is 42.1 Å². The zero-order chi connectivity index (χ0) is 35.8. The third kappa shape index (κ3) is 7.03. The van der Waals surface area contributed by atoms with Gasteiger partial charge in [0.1, 0.15) is 16.5 Å². The van der Waals surface area contributed by atoms with Gasteiger partial charge in [0.05, 0.1) is 29.5 Å². The Bertz CT molecular complexity index is 2040. The molecule has 11 nitrogen and oxygen atoms in total. The van der Waals surface area contributed by atoms with Gasteiger partial charge < -0.3 is 10.1 Å². The number of ether oxygens (including phenoxy) is 1. The Labute approximate surface area is 289 Å². The van der Waals surface area contributed by atoms with Gasteiger partial charge in [-0.05, 0) is 79.3 Å². The van der Waals surface area contributed by atoms with Crippen molar-refractivity contribution < 1.29 is 31.8 Å². The molecule has 264 valence electrons. The van der Waals surface area contributed by atoms with Gasteiger partial charge in [0.2, 0.25) is 11.8 Å². The van der Waals surface area contributed by atoms with Crippen molar-refractivity contribution in [2.24, 2.45) is 0 Å². The SMILES string of the molecule is CC[C@@H]1CN(Cc2cc([C@H](CC(=O)Nc3cncc(C(F)(F)F)c3)c3ccc4c(nnn4CC)c3C)ccc2C)S(O)(O)c2cccnc2O1. The molecular formula is C35H38F3N7O4S. The molecule has 0 spiro atoms. The van der Waals surface area contributed by atoms with Crippen molar-refractivity contribution in [1.29, 1.82) is 0 Å². The van der Waals surface area contributed by atoms with Gasteiger partial charge in [-0.15, -0.1) is 15.9 Å². The zero-order valence-electron chi connectivity index (χ0n) is 28.0. The predicted molar refractivity (Wildman–Crippen MR) is 184 cm³/mol. The number of halogens is 3. The molecule has 0 aliphatic carbocycles. The van der Waals surface area contributed by atoms with Crippen LogP contribution in [0.15, 0.2) is 72.0 Å². The molecule has 4 heterocycles. The largest absolute Gasteiger partial charge is 0.472 e. The summed E-state index contributed by atoms with van der Waals surface area (Å²) in [5, 5.41) is 11.3. The summed E-state index contributed by atoms with van der Waals surface area (Å²) in [5.74, 6) is -0.866. The number of anilines is 1. The first-order valence-electron chi connectivity index (χ1n) is 16.2. The van der Waals surface area contributed by atoms with Crippen LogP contribution < -0.4 is 10.1 Å². The number of hydrogen-bond acceptors (Lipinski definition) is 9. The number of pyridine rings is 2. The summed E-state index contributed by atoms with van der Waals surface area (Å²) >= 11 is 0. The molecule has 1 aliphatic rings. The lowest BCUT2D eigenvalue weighted by Crippen LogP contribution is -2.34. The number of nitrogens with one attached hydrogen (secondary N) is 1. The maximum atomic E-state index is 13.6. The topological polar surface area (TPSA) is 139 Å². The van der Waals surface area contributed by atoms with E-state index < -0.39 is 34.3 Å². The van der Waals surface area contributed by atoms with Gasteiger partial charge in [0.15, 0.2) is 0 Å². The quantitative estimate of drug-likeness (QED) is 0.140. The second-order valence-electron chi connectivity index (χ2n) is 12.3. The van der Waals surface area contributed by atoms with E-state index in [0.717, 1.165) is 39.4 Å². The van der Waals surface area contributed by atoms with E-state index >= 15 is 0 Å². The highest BCUT2D eigenvalue weighted by Gasteiger charge is 2.36. The Morgan fingerprint density at radius 1 is 1.12 bits per heavy atom. The fourth-order valence-electron chi connectivity index (χ4n) is 6.24. The number of carbonyl (C=O) groups is 1. The molecule has 0 unspecified atom stereocenters. The van der Waals surface area contributed by atoms with Crippen LogP contribution >= 0.6 is 10.8 Å². The van der Waals surface area contributed by atoms with Crippen molar-refractivity contribution in [2.45, 2.75) is 76.7 Å². The number of nitrogens with zero attached hydrogens (tertiary/aromatic N) is 6. The third-order valence-corrected chi connectivity index (χ3v) is 10.9. The zero-order valence-corrected chi connectivity index (χ0v) is 28.8. The minimum absolute atomic E-state index is 0.0694. The molecule has 0 fully saturated rings. The number of aryl methyl sites for hydroxylation is 3. The highest BCUT2D eigenvalue weighted by atomic mass is 32.3. The molecule has 2 atom stereocenters. The Balaban J connectivity index is 1.38. The van der Waals surface area contributed by atoms with Gasteiger partial charge in [-0.1, -0.05) is 36.4 Å². The van der Waals surface area contributed by atoms with Crippen molar-refractivity contribution in [3.63, 3.8) is 0 Å². The Hall–Kier alpha value is -4.57. The van der Waals surface area contributed by atoms with Gasteiger partial charge >= 0.3 is 6.18 Å². The number of rotatable bonds is 9. The number of fused-ring (bicyclic) bond motifs is 2. The van der Waals surface area contributed by atoms with Gasteiger partial charge in [0, 0.05) is 37.8 Å². The first-order valence-corrected chi connectivity index (χ1v) is 17.7. The molecule has 1 aliphatic heterocycles. The maximum Gasteiger partial charge on any atom is 0.417 e. The molecule has 3 N–H and O–H groups in total. The highest BCUT2D eigenvalue weighted by molar-refractivity contribution is 8.22. The van der Waals surface area contributed by atoms with E-state index in [2.05, 4.69) is 25.6 Å². The Morgan fingerprint density at radius 2 is 1.92 bits per heavy atom. The van der Waals surface area contributed by atoms with Crippen LogP contribution in [0.1, 0.15) is 66.0 Å². The van der Waals surface area contributed by atoms with Crippen LogP contribution in [-0.4, -0.2) is 56.9 Å². The first kappa shape index (κ1) is 35.3. The number of benzene rings is 2. The summed E-state index contributed by atoms with van der Waals surface area (Å²) < 4.78 is 72.7. The summed E-state index contributed by atoms with van der Waals surface area (Å²) in [7, 11) is -3.48. The summed E-state index contributed by atoms with van der Waals surface area (Å²) in [6.07, 6.45) is -1.03. The predicted octanol–water partition coefficient (Wildman–Crippen LogP) is 7.74. The fourth-order valence-corrected chi connectivity index (χ4v) is 7.80. The van der Waals surface area contributed by atoms with Crippen LogP contribution in [0, 0.1) is 13.8 Å². The normalized spacial score (nSPS) is 17.4. The molecule has 5 aromatic rings. The minimum atomic E-state index is -4.62. The van der Waals surface area contributed by atoms with Gasteiger partial charge in [-0.25, -0.2) is 9.67 Å². The van der Waals surface area contributed by atoms with Crippen LogP contribution in [-0.2, 0) is 24.1 Å². The molecule has 0 saturated carbocycles. The molecule has 15 heteroatoms. The van der Waals surface area contributed by atoms with Crippen LogP contribution in [0.3, 0.4) is 0 Å². The van der Waals surface area contributed by atoms with Crippen molar-refractivity contribution in [1.82, 2.24) is 29.3 Å². The number of carbonyl (C=O) groups excluding carboxylic acids is 1. The van der Waals surface area contributed by atoms with Crippen LogP contribution in [0.4, 0.5) is 18.9 Å². The van der Waals surface area contributed by atoms with Crippen LogP contribution in [0.25, 0.3) is 11.0 Å². The molecule has 6 rings (SSSR count). The average Bonchev–Trinajstić information content (AvgIpc) is 3.47. The van der Waals surface area contributed by atoms with Crippen LogP contribution in [0.2, 0.25) is 0 Å². The summed E-state index contributed by atoms with van der Waals surface area (Å²) in [4.78, 5) is 21.7. The highest BCUT2D eigenvalue weighted by Crippen LogP contribution is 2.57. The summed E-state index contributed by atoms with van der Waals surface area (Å²) in [6, 6.07) is 13.7. The monoisotopic (exact) mass is 709 g/mol. The molecule has 0 bridgehead atoms. The third-order valence-electron chi connectivity index (χ3n) is 9.05. The Morgan fingerprint density at radius 3 is 2.66 bits per heavy atom. The summed E-state index contributed by atoms with van der Waals surface area (Å²) in [5.41, 5.74) is 4.54. The molecule has 0 saturated heterocycles. The van der Waals surface area contributed by atoms with E-state index in [9.17, 15) is 27.1 Å². The fraction of sp³-hybridized carbons (Fsp3) is 0.343. The van der Waals surface area contributed by atoms with Gasteiger partial charge in [-0.3, -0.25) is 18.9 Å². The van der Waals surface area contributed by atoms with Gasteiger partial charge in [-0.2, -0.15) is 17.5 Å².